The van der Waals surface area contributed by atoms with Crippen molar-refractivity contribution in [3.8, 4) is 0 Å². The lowest BCUT2D eigenvalue weighted by Gasteiger charge is -2.10. The van der Waals surface area contributed by atoms with Gasteiger partial charge in [-0.25, -0.2) is 5.43 Å². The molecule has 4 aromatic rings. The first kappa shape index (κ1) is 20.4. The van der Waals surface area contributed by atoms with Gasteiger partial charge in [0.1, 0.15) is 0 Å². The highest BCUT2D eigenvalue weighted by molar-refractivity contribution is 5.80. The van der Waals surface area contributed by atoms with Gasteiger partial charge in [-0.2, -0.15) is 20.1 Å². The van der Waals surface area contributed by atoms with Gasteiger partial charge in [-0.15, -0.1) is 0 Å². The van der Waals surface area contributed by atoms with E-state index in [-0.39, 0.29) is 11.6 Å². The van der Waals surface area contributed by atoms with Gasteiger partial charge in [0.15, 0.2) is 0 Å². The summed E-state index contributed by atoms with van der Waals surface area (Å²) in [5.74, 6) is 0.880. The summed E-state index contributed by atoms with van der Waals surface area (Å²) < 4.78 is 0. The molecule has 0 radical (unpaired) electrons. The lowest BCUT2D eigenvalue weighted by atomic mass is 10.2. The van der Waals surface area contributed by atoms with E-state index >= 15 is 0 Å². The lowest BCUT2D eigenvalue weighted by molar-refractivity contribution is -0.384. The number of hydrogen-bond donors (Lipinski definition) is 3. The number of rotatable bonds is 8. The Morgan fingerprint density at radius 3 is 1.72 bits per heavy atom. The van der Waals surface area contributed by atoms with Crippen LogP contribution in [0.1, 0.15) is 5.56 Å². The number of anilines is 5. The Morgan fingerprint density at radius 2 is 1.22 bits per heavy atom. The summed E-state index contributed by atoms with van der Waals surface area (Å²) in [5.41, 5.74) is 5.12. The second kappa shape index (κ2) is 9.76. The highest BCUT2D eigenvalue weighted by Crippen LogP contribution is 2.18. The van der Waals surface area contributed by atoms with Crippen LogP contribution in [0.4, 0.5) is 34.9 Å². The maximum absolute atomic E-state index is 10.8. The Hall–Kier alpha value is -4.86. The van der Waals surface area contributed by atoms with Gasteiger partial charge in [0.2, 0.25) is 17.8 Å². The van der Waals surface area contributed by atoms with Crippen molar-refractivity contribution in [2.24, 2.45) is 5.10 Å². The lowest BCUT2D eigenvalue weighted by Crippen LogP contribution is -2.07. The van der Waals surface area contributed by atoms with Gasteiger partial charge < -0.3 is 10.6 Å². The predicted molar refractivity (Wildman–Crippen MR) is 124 cm³/mol. The molecule has 4 rings (SSSR count). The third kappa shape index (κ3) is 5.60. The predicted octanol–water partition coefficient (Wildman–Crippen LogP) is 4.71. The van der Waals surface area contributed by atoms with Crippen LogP contribution >= 0.6 is 0 Å². The summed E-state index contributed by atoms with van der Waals surface area (Å²) in [6, 6.07) is 25.1. The molecule has 0 amide bonds. The van der Waals surface area contributed by atoms with Crippen molar-refractivity contribution in [2.45, 2.75) is 0 Å². The Balaban J connectivity index is 1.54. The standard InChI is InChI=1S/C22H18N8O2/c31-30(32)19-13-11-16(12-14-19)15-23-29-22-27-20(24-17-7-3-1-4-8-17)26-21(28-22)25-18-9-5-2-6-10-18/h1-15H,(H3,24,25,26,27,28,29)/b23-15+. The van der Waals surface area contributed by atoms with Crippen molar-refractivity contribution in [3.63, 3.8) is 0 Å². The number of hydrazone groups is 1. The summed E-state index contributed by atoms with van der Waals surface area (Å²) in [6.45, 7) is 0. The van der Waals surface area contributed by atoms with Crippen LogP contribution in [0.15, 0.2) is 90.0 Å². The highest BCUT2D eigenvalue weighted by atomic mass is 16.6. The molecule has 10 nitrogen and oxygen atoms in total. The van der Waals surface area contributed by atoms with Crippen LogP contribution in [-0.2, 0) is 0 Å². The zero-order chi connectivity index (χ0) is 22.2. The molecule has 10 heteroatoms. The molecule has 158 valence electrons. The first-order valence-electron chi connectivity index (χ1n) is 9.59. The summed E-state index contributed by atoms with van der Waals surface area (Å²) in [4.78, 5) is 23.4. The monoisotopic (exact) mass is 426 g/mol. The van der Waals surface area contributed by atoms with Gasteiger partial charge in [-0.3, -0.25) is 10.1 Å². The first-order valence-corrected chi connectivity index (χ1v) is 9.59. The summed E-state index contributed by atoms with van der Waals surface area (Å²) in [6.07, 6.45) is 1.52. The van der Waals surface area contributed by atoms with Crippen LogP contribution in [0.3, 0.4) is 0 Å². The second-order valence-electron chi connectivity index (χ2n) is 6.51. The molecule has 0 fully saturated rings. The molecule has 3 N–H and O–H groups in total. The highest BCUT2D eigenvalue weighted by Gasteiger charge is 2.08. The second-order valence-corrected chi connectivity index (χ2v) is 6.51. The molecule has 1 aromatic heterocycles. The van der Waals surface area contributed by atoms with E-state index in [1.54, 1.807) is 12.1 Å². The molecule has 0 aliphatic heterocycles. The number of para-hydroxylation sites is 2. The van der Waals surface area contributed by atoms with E-state index in [0.29, 0.717) is 17.5 Å². The molecule has 0 unspecified atom stereocenters. The third-order valence-electron chi connectivity index (χ3n) is 4.18. The van der Waals surface area contributed by atoms with E-state index in [1.807, 2.05) is 60.7 Å². The minimum absolute atomic E-state index is 0.0147. The van der Waals surface area contributed by atoms with E-state index in [0.717, 1.165) is 11.4 Å². The summed E-state index contributed by atoms with van der Waals surface area (Å²) >= 11 is 0. The topological polar surface area (TPSA) is 130 Å². The number of nitrogens with one attached hydrogen (secondary N) is 3. The largest absolute Gasteiger partial charge is 0.324 e. The summed E-state index contributed by atoms with van der Waals surface area (Å²) in [7, 11) is 0. The number of nitro benzene ring substituents is 1. The smallest absolute Gasteiger partial charge is 0.269 e. The SMILES string of the molecule is O=[N+]([O-])c1ccc(/C=N/Nc2nc(Nc3ccccc3)nc(Nc3ccccc3)n2)cc1. The van der Waals surface area contributed by atoms with Crippen molar-refractivity contribution < 1.29 is 4.92 Å². The number of nitrogens with zero attached hydrogens (tertiary/aromatic N) is 5. The van der Waals surface area contributed by atoms with Crippen molar-refractivity contribution in [2.75, 3.05) is 16.1 Å². The number of benzene rings is 3. The Morgan fingerprint density at radius 1 is 0.719 bits per heavy atom. The minimum Gasteiger partial charge on any atom is -0.324 e. The Labute approximate surface area is 183 Å². The third-order valence-corrected chi connectivity index (χ3v) is 4.18. The van der Waals surface area contributed by atoms with Crippen LogP contribution in [0.25, 0.3) is 0 Å². The molecule has 0 aliphatic rings. The van der Waals surface area contributed by atoms with Crippen LogP contribution in [0.5, 0.6) is 0 Å². The molecule has 32 heavy (non-hydrogen) atoms. The summed E-state index contributed by atoms with van der Waals surface area (Å²) in [5, 5.41) is 21.2. The molecule has 0 bridgehead atoms. The molecular weight excluding hydrogens is 408 g/mol. The average Bonchev–Trinajstić information content (AvgIpc) is 2.81. The van der Waals surface area contributed by atoms with Crippen LogP contribution < -0.4 is 16.1 Å². The van der Waals surface area contributed by atoms with Gasteiger partial charge in [0, 0.05) is 23.5 Å². The van der Waals surface area contributed by atoms with Crippen molar-refractivity contribution in [1.29, 1.82) is 0 Å². The number of non-ortho nitro benzene ring substituents is 1. The van der Waals surface area contributed by atoms with Gasteiger partial charge in [0.05, 0.1) is 11.1 Å². The average molecular weight is 426 g/mol. The molecule has 0 aliphatic carbocycles. The molecular formula is C22H18N8O2. The maximum atomic E-state index is 10.8. The number of aromatic nitrogens is 3. The first-order chi connectivity index (χ1) is 15.7. The van der Waals surface area contributed by atoms with Gasteiger partial charge in [-0.05, 0) is 42.0 Å². The Bertz CT molecular complexity index is 1160. The van der Waals surface area contributed by atoms with Gasteiger partial charge >= 0.3 is 0 Å². The van der Waals surface area contributed by atoms with Gasteiger partial charge in [-0.1, -0.05) is 36.4 Å². The molecule has 0 atom stereocenters. The molecule has 0 saturated carbocycles. The number of hydrogen-bond acceptors (Lipinski definition) is 9. The van der Waals surface area contributed by atoms with Crippen molar-refractivity contribution >= 4 is 41.1 Å². The molecule has 3 aromatic carbocycles. The fourth-order valence-corrected chi connectivity index (χ4v) is 2.69. The van der Waals surface area contributed by atoms with Gasteiger partial charge in [0.25, 0.3) is 5.69 Å². The van der Waals surface area contributed by atoms with E-state index in [9.17, 15) is 10.1 Å². The maximum Gasteiger partial charge on any atom is 0.269 e. The van der Waals surface area contributed by atoms with E-state index in [2.05, 4.69) is 36.1 Å². The fourth-order valence-electron chi connectivity index (χ4n) is 2.69. The minimum atomic E-state index is -0.452. The molecule has 0 spiro atoms. The Kier molecular flexibility index (Phi) is 6.23. The molecule has 0 saturated heterocycles. The quantitative estimate of drug-likeness (QED) is 0.210. The van der Waals surface area contributed by atoms with Crippen LogP contribution in [0.2, 0.25) is 0 Å². The fraction of sp³-hybridized carbons (Fsp3) is 0. The zero-order valence-corrected chi connectivity index (χ0v) is 16.7. The van der Waals surface area contributed by atoms with E-state index in [1.165, 1.54) is 18.3 Å². The van der Waals surface area contributed by atoms with Crippen molar-refractivity contribution in [1.82, 2.24) is 15.0 Å². The van der Waals surface area contributed by atoms with Crippen LogP contribution in [-0.4, -0.2) is 26.1 Å². The zero-order valence-electron chi connectivity index (χ0n) is 16.7. The number of nitro groups is 1. The van der Waals surface area contributed by atoms with E-state index < -0.39 is 4.92 Å². The molecule has 1 heterocycles. The van der Waals surface area contributed by atoms with Crippen LogP contribution in [0, 0.1) is 10.1 Å². The van der Waals surface area contributed by atoms with Crippen molar-refractivity contribution in [3.05, 3.63) is 101 Å². The van der Waals surface area contributed by atoms with E-state index in [4.69, 9.17) is 0 Å². The normalized spacial score (nSPS) is 10.6.